The van der Waals surface area contributed by atoms with Gasteiger partial charge in [0.15, 0.2) is 0 Å². The molecule has 1 aliphatic rings. The van der Waals surface area contributed by atoms with Crippen molar-refractivity contribution in [2.24, 2.45) is 0 Å². The highest BCUT2D eigenvalue weighted by molar-refractivity contribution is 5.76. The van der Waals surface area contributed by atoms with Crippen LogP contribution in [0, 0.1) is 0 Å². The number of aryl methyl sites for hydroxylation is 1. The first-order valence-corrected chi connectivity index (χ1v) is 6.68. The Balaban J connectivity index is 1.87. The van der Waals surface area contributed by atoms with Crippen LogP contribution in [-0.2, 0) is 16.1 Å². The monoisotopic (exact) mass is 267 g/mol. The Bertz CT molecular complexity index is 394. The van der Waals surface area contributed by atoms with Crippen LogP contribution in [0.3, 0.4) is 0 Å². The third-order valence-electron chi connectivity index (χ3n) is 3.57. The number of methoxy groups -OCH3 is 1. The van der Waals surface area contributed by atoms with E-state index in [0.717, 1.165) is 32.5 Å². The zero-order valence-corrected chi connectivity index (χ0v) is 11.2. The standard InChI is InChI=1S/C13H21N3O3/c1-19-13(18)12-11(17)4-2-7-16(12)8-3-6-15-9-5-14-10-15/h5,9-12,17H,2-4,6-8H2,1H3/t11-,12-/m0/s1. The highest BCUT2D eigenvalue weighted by Gasteiger charge is 2.36. The molecule has 2 rings (SSSR count). The second kappa shape index (κ2) is 6.68. The van der Waals surface area contributed by atoms with E-state index in [9.17, 15) is 9.90 Å². The molecule has 0 radical (unpaired) electrons. The van der Waals surface area contributed by atoms with Crippen molar-refractivity contribution in [3.8, 4) is 0 Å². The number of hydrogen-bond donors (Lipinski definition) is 1. The van der Waals surface area contributed by atoms with Crippen LogP contribution in [0.15, 0.2) is 18.7 Å². The molecule has 2 atom stereocenters. The van der Waals surface area contributed by atoms with Gasteiger partial charge in [0.2, 0.25) is 0 Å². The number of rotatable bonds is 5. The smallest absolute Gasteiger partial charge is 0.325 e. The molecule has 19 heavy (non-hydrogen) atoms. The molecule has 1 saturated heterocycles. The fourth-order valence-corrected chi connectivity index (χ4v) is 2.60. The fourth-order valence-electron chi connectivity index (χ4n) is 2.60. The lowest BCUT2D eigenvalue weighted by Crippen LogP contribution is -2.53. The highest BCUT2D eigenvalue weighted by atomic mass is 16.5. The average Bonchev–Trinajstić information content (AvgIpc) is 2.91. The quantitative estimate of drug-likeness (QED) is 0.776. The Labute approximate surface area is 113 Å². The Hall–Kier alpha value is -1.40. The van der Waals surface area contributed by atoms with Gasteiger partial charge in [0.25, 0.3) is 0 Å². The van der Waals surface area contributed by atoms with Gasteiger partial charge in [-0.15, -0.1) is 0 Å². The van der Waals surface area contributed by atoms with E-state index < -0.39 is 12.1 Å². The zero-order valence-electron chi connectivity index (χ0n) is 11.2. The summed E-state index contributed by atoms with van der Waals surface area (Å²) in [5, 5.41) is 9.97. The van der Waals surface area contributed by atoms with Crippen LogP contribution < -0.4 is 0 Å². The van der Waals surface area contributed by atoms with Crippen LogP contribution in [0.2, 0.25) is 0 Å². The molecule has 1 aliphatic heterocycles. The summed E-state index contributed by atoms with van der Waals surface area (Å²) in [5.74, 6) is -0.338. The molecule has 1 fully saturated rings. The zero-order chi connectivity index (χ0) is 13.7. The summed E-state index contributed by atoms with van der Waals surface area (Å²) in [7, 11) is 1.37. The molecule has 0 aromatic carbocycles. The number of aromatic nitrogens is 2. The van der Waals surface area contributed by atoms with Crippen molar-refractivity contribution in [3.05, 3.63) is 18.7 Å². The molecule has 6 nitrogen and oxygen atoms in total. The number of likely N-dealkylation sites (tertiary alicyclic amines) is 1. The van der Waals surface area contributed by atoms with Crippen molar-refractivity contribution in [2.75, 3.05) is 20.2 Å². The highest BCUT2D eigenvalue weighted by Crippen LogP contribution is 2.19. The first kappa shape index (κ1) is 14.0. The summed E-state index contributed by atoms with van der Waals surface area (Å²) in [6, 6.07) is -0.512. The van der Waals surface area contributed by atoms with E-state index in [1.165, 1.54) is 7.11 Å². The number of carbonyl (C=O) groups excluding carboxylic acids is 1. The van der Waals surface area contributed by atoms with Crippen molar-refractivity contribution in [1.82, 2.24) is 14.5 Å². The lowest BCUT2D eigenvalue weighted by atomic mass is 9.98. The van der Waals surface area contributed by atoms with E-state index >= 15 is 0 Å². The van der Waals surface area contributed by atoms with Gasteiger partial charge in [-0.3, -0.25) is 9.69 Å². The van der Waals surface area contributed by atoms with E-state index in [2.05, 4.69) is 4.98 Å². The van der Waals surface area contributed by atoms with E-state index in [4.69, 9.17) is 4.74 Å². The van der Waals surface area contributed by atoms with Crippen molar-refractivity contribution in [1.29, 1.82) is 0 Å². The lowest BCUT2D eigenvalue weighted by molar-refractivity contribution is -0.154. The number of aliphatic hydroxyl groups is 1. The van der Waals surface area contributed by atoms with Crippen molar-refractivity contribution in [2.45, 2.75) is 38.0 Å². The van der Waals surface area contributed by atoms with Gasteiger partial charge in [0.05, 0.1) is 19.5 Å². The lowest BCUT2D eigenvalue weighted by Gasteiger charge is -2.37. The molecule has 0 aliphatic carbocycles. The Kier molecular flexibility index (Phi) is 4.93. The van der Waals surface area contributed by atoms with Gasteiger partial charge in [0.1, 0.15) is 6.04 Å². The molecule has 0 saturated carbocycles. The van der Waals surface area contributed by atoms with Gasteiger partial charge in [-0.2, -0.15) is 0 Å². The number of nitrogens with zero attached hydrogens (tertiary/aromatic N) is 3. The summed E-state index contributed by atoms with van der Waals surface area (Å²) >= 11 is 0. The molecule has 1 aromatic heterocycles. The summed E-state index contributed by atoms with van der Waals surface area (Å²) in [6.45, 7) is 2.47. The number of imidazole rings is 1. The number of carbonyl (C=O) groups is 1. The summed E-state index contributed by atoms with van der Waals surface area (Å²) in [5.41, 5.74) is 0. The fraction of sp³-hybridized carbons (Fsp3) is 0.692. The molecule has 1 N–H and O–H groups in total. The summed E-state index contributed by atoms with van der Waals surface area (Å²) < 4.78 is 6.79. The molecule has 106 valence electrons. The minimum atomic E-state index is -0.616. The van der Waals surface area contributed by atoms with Crippen LogP contribution in [0.4, 0.5) is 0 Å². The van der Waals surface area contributed by atoms with Crippen LogP contribution in [-0.4, -0.2) is 57.9 Å². The number of hydrogen-bond acceptors (Lipinski definition) is 5. The first-order chi connectivity index (χ1) is 9.22. The van der Waals surface area contributed by atoms with Crippen LogP contribution in [0.5, 0.6) is 0 Å². The Morgan fingerprint density at radius 3 is 3.05 bits per heavy atom. The maximum Gasteiger partial charge on any atom is 0.325 e. The van der Waals surface area contributed by atoms with Gasteiger partial charge >= 0.3 is 5.97 Å². The predicted molar refractivity (Wildman–Crippen MR) is 69.5 cm³/mol. The topological polar surface area (TPSA) is 67.6 Å². The minimum absolute atomic E-state index is 0.338. The molecular weight excluding hydrogens is 246 g/mol. The van der Waals surface area contributed by atoms with Crippen molar-refractivity contribution in [3.63, 3.8) is 0 Å². The second-order valence-corrected chi connectivity index (χ2v) is 4.87. The SMILES string of the molecule is COC(=O)[C@@H]1[C@@H](O)CCCN1CCCn1ccnc1. The molecule has 6 heteroatoms. The minimum Gasteiger partial charge on any atom is -0.468 e. The van der Waals surface area contributed by atoms with Crippen molar-refractivity contribution < 1.29 is 14.6 Å². The van der Waals surface area contributed by atoms with Gasteiger partial charge in [-0.1, -0.05) is 0 Å². The largest absolute Gasteiger partial charge is 0.468 e. The van der Waals surface area contributed by atoms with Gasteiger partial charge in [-0.25, -0.2) is 4.98 Å². The van der Waals surface area contributed by atoms with Gasteiger partial charge in [0, 0.05) is 25.5 Å². The van der Waals surface area contributed by atoms with Crippen LogP contribution >= 0.6 is 0 Å². The third-order valence-corrected chi connectivity index (χ3v) is 3.57. The number of esters is 1. The van der Waals surface area contributed by atoms with E-state index in [-0.39, 0.29) is 5.97 Å². The van der Waals surface area contributed by atoms with Gasteiger partial charge in [-0.05, 0) is 25.8 Å². The molecule has 0 amide bonds. The average molecular weight is 267 g/mol. The summed E-state index contributed by atoms with van der Waals surface area (Å²) in [6.07, 6.45) is 7.33. The maximum absolute atomic E-state index is 11.7. The maximum atomic E-state index is 11.7. The Morgan fingerprint density at radius 2 is 2.37 bits per heavy atom. The van der Waals surface area contributed by atoms with Crippen LogP contribution in [0.25, 0.3) is 0 Å². The summed E-state index contributed by atoms with van der Waals surface area (Å²) in [4.78, 5) is 17.8. The number of piperidine rings is 1. The van der Waals surface area contributed by atoms with Crippen LogP contribution in [0.1, 0.15) is 19.3 Å². The molecular formula is C13H21N3O3. The van der Waals surface area contributed by atoms with Gasteiger partial charge < -0.3 is 14.4 Å². The van der Waals surface area contributed by atoms with Crippen molar-refractivity contribution >= 4 is 5.97 Å². The number of ether oxygens (including phenoxy) is 1. The molecule has 0 spiro atoms. The first-order valence-electron chi connectivity index (χ1n) is 6.68. The second-order valence-electron chi connectivity index (χ2n) is 4.87. The Morgan fingerprint density at radius 1 is 1.53 bits per heavy atom. The predicted octanol–water partition coefficient (Wildman–Crippen LogP) is 0.271. The molecule has 2 heterocycles. The van der Waals surface area contributed by atoms with E-state index in [1.807, 2.05) is 15.7 Å². The van der Waals surface area contributed by atoms with E-state index in [0.29, 0.717) is 6.42 Å². The molecule has 0 unspecified atom stereocenters. The number of aliphatic hydroxyl groups excluding tert-OH is 1. The third kappa shape index (κ3) is 3.54. The van der Waals surface area contributed by atoms with E-state index in [1.54, 1.807) is 12.5 Å². The normalized spacial score (nSPS) is 24.3. The molecule has 1 aromatic rings. The molecule has 0 bridgehead atoms.